The molecule has 0 spiro atoms. The van der Waals surface area contributed by atoms with Crippen LogP contribution in [0, 0.1) is 11.3 Å². The quantitative estimate of drug-likeness (QED) is 0.929. The molecule has 2 rings (SSSR count). The van der Waals surface area contributed by atoms with E-state index in [4.69, 9.17) is 15.1 Å². The van der Waals surface area contributed by atoms with Gasteiger partial charge in [0.2, 0.25) is 0 Å². The number of rotatable bonds is 4. The van der Waals surface area contributed by atoms with Crippen molar-refractivity contribution >= 4 is 21.9 Å². The zero-order valence-electron chi connectivity index (χ0n) is 10.3. The molecule has 0 aliphatic rings. The number of carboxylic acids is 1. The van der Waals surface area contributed by atoms with E-state index in [2.05, 4.69) is 22.0 Å². The average molecular weight is 332 g/mol. The molecule has 2 aromatic carbocycles. The fourth-order valence-corrected chi connectivity index (χ4v) is 2.15. The molecule has 0 radical (unpaired) electrons. The minimum absolute atomic E-state index is 0.182. The van der Waals surface area contributed by atoms with Crippen LogP contribution in [0.1, 0.15) is 21.5 Å². The van der Waals surface area contributed by atoms with E-state index in [1.54, 1.807) is 18.2 Å². The Bertz CT molecular complexity index is 692. The van der Waals surface area contributed by atoms with E-state index in [1.807, 2.05) is 12.1 Å². The van der Waals surface area contributed by atoms with Crippen molar-refractivity contribution in [1.29, 1.82) is 5.26 Å². The Morgan fingerprint density at radius 2 is 2.05 bits per heavy atom. The van der Waals surface area contributed by atoms with Crippen LogP contribution in [-0.2, 0) is 6.61 Å². The summed E-state index contributed by atoms with van der Waals surface area (Å²) in [5.74, 6) is -0.463. The fraction of sp³-hybridized carbons (Fsp3) is 0.0667. The molecule has 20 heavy (non-hydrogen) atoms. The lowest BCUT2D eigenvalue weighted by atomic mass is 10.1. The predicted octanol–water partition coefficient (Wildman–Crippen LogP) is 3.60. The monoisotopic (exact) mass is 331 g/mol. The maximum absolute atomic E-state index is 10.8. The third-order valence-electron chi connectivity index (χ3n) is 2.70. The van der Waals surface area contributed by atoms with Crippen LogP contribution in [0.3, 0.4) is 0 Å². The first kappa shape index (κ1) is 14.1. The van der Waals surface area contributed by atoms with E-state index in [-0.39, 0.29) is 12.2 Å². The van der Waals surface area contributed by atoms with Crippen LogP contribution in [-0.4, -0.2) is 11.1 Å². The molecule has 2 aromatic rings. The minimum Gasteiger partial charge on any atom is -0.488 e. The number of carboxylic acid groups (broad SMARTS) is 1. The van der Waals surface area contributed by atoms with E-state index >= 15 is 0 Å². The summed E-state index contributed by atoms with van der Waals surface area (Å²) in [4.78, 5) is 10.8. The maximum atomic E-state index is 10.8. The SMILES string of the molecule is N#Cc1ccccc1COc1ccc(C(=O)O)cc1Br. The van der Waals surface area contributed by atoms with Gasteiger partial charge >= 0.3 is 5.97 Å². The molecule has 5 heteroatoms. The summed E-state index contributed by atoms with van der Waals surface area (Å²) >= 11 is 3.27. The number of benzene rings is 2. The second-order valence-corrected chi connectivity index (χ2v) is 4.86. The summed E-state index contributed by atoms with van der Waals surface area (Å²) in [6, 6.07) is 13.8. The van der Waals surface area contributed by atoms with E-state index in [9.17, 15) is 4.79 Å². The summed E-state index contributed by atoms with van der Waals surface area (Å²) in [5, 5.41) is 17.9. The molecule has 0 unspecified atom stereocenters. The Labute approximate surface area is 124 Å². The van der Waals surface area contributed by atoms with E-state index in [0.29, 0.717) is 15.8 Å². The van der Waals surface area contributed by atoms with Gasteiger partial charge in [0.15, 0.2) is 0 Å². The van der Waals surface area contributed by atoms with Crippen LogP contribution in [0.2, 0.25) is 0 Å². The number of halogens is 1. The average Bonchev–Trinajstić information content (AvgIpc) is 2.46. The van der Waals surface area contributed by atoms with Gasteiger partial charge in [-0.25, -0.2) is 4.79 Å². The molecule has 0 fully saturated rings. The third-order valence-corrected chi connectivity index (χ3v) is 3.32. The number of hydrogen-bond acceptors (Lipinski definition) is 3. The van der Waals surface area contributed by atoms with Gasteiger partial charge in [0, 0.05) is 5.56 Å². The molecule has 0 atom stereocenters. The van der Waals surface area contributed by atoms with Crippen molar-refractivity contribution in [3.63, 3.8) is 0 Å². The highest BCUT2D eigenvalue weighted by Crippen LogP contribution is 2.27. The summed E-state index contributed by atoms with van der Waals surface area (Å²) in [6.45, 7) is 0.245. The van der Waals surface area contributed by atoms with Crippen molar-refractivity contribution in [3.05, 3.63) is 63.6 Å². The lowest BCUT2D eigenvalue weighted by Gasteiger charge is -2.09. The normalized spacial score (nSPS) is 9.80. The van der Waals surface area contributed by atoms with Gasteiger partial charge in [0.05, 0.1) is 21.7 Å². The smallest absolute Gasteiger partial charge is 0.335 e. The Kier molecular flexibility index (Phi) is 4.38. The molecule has 0 saturated carbocycles. The zero-order chi connectivity index (χ0) is 14.5. The first-order valence-electron chi connectivity index (χ1n) is 5.75. The summed E-state index contributed by atoms with van der Waals surface area (Å²) < 4.78 is 6.17. The van der Waals surface area contributed by atoms with Crippen molar-refractivity contribution < 1.29 is 14.6 Å². The van der Waals surface area contributed by atoms with Gasteiger partial charge in [-0.05, 0) is 40.2 Å². The van der Waals surface area contributed by atoms with Crippen LogP contribution in [0.15, 0.2) is 46.9 Å². The molecular weight excluding hydrogens is 322 g/mol. The molecule has 4 nitrogen and oxygen atoms in total. The lowest BCUT2D eigenvalue weighted by molar-refractivity contribution is 0.0696. The van der Waals surface area contributed by atoms with Crippen molar-refractivity contribution in [2.75, 3.05) is 0 Å². The number of nitriles is 1. The standard InChI is InChI=1S/C15H10BrNO3/c16-13-7-10(15(18)19)5-6-14(13)20-9-12-4-2-1-3-11(12)8-17/h1-7H,9H2,(H,18,19). The van der Waals surface area contributed by atoms with Gasteiger partial charge in [-0.1, -0.05) is 18.2 Å². The molecule has 0 amide bonds. The Balaban J connectivity index is 2.16. The predicted molar refractivity (Wildman–Crippen MR) is 76.6 cm³/mol. The van der Waals surface area contributed by atoms with E-state index in [1.165, 1.54) is 12.1 Å². The summed E-state index contributed by atoms with van der Waals surface area (Å²) in [5.41, 5.74) is 1.52. The molecule has 0 aliphatic carbocycles. The van der Waals surface area contributed by atoms with E-state index in [0.717, 1.165) is 5.56 Å². The highest BCUT2D eigenvalue weighted by atomic mass is 79.9. The van der Waals surface area contributed by atoms with Gasteiger partial charge in [0.1, 0.15) is 12.4 Å². The maximum Gasteiger partial charge on any atom is 0.335 e. The molecule has 100 valence electrons. The van der Waals surface area contributed by atoms with Crippen molar-refractivity contribution in [3.8, 4) is 11.8 Å². The number of hydrogen-bond donors (Lipinski definition) is 1. The van der Waals surface area contributed by atoms with Crippen molar-refractivity contribution in [1.82, 2.24) is 0 Å². The molecular formula is C15H10BrNO3. The molecule has 1 N–H and O–H groups in total. The Morgan fingerprint density at radius 1 is 1.30 bits per heavy atom. The highest BCUT2D eigenvalue weighted by Gasteiger charge is 2.08. The lowest BCUT2D eigenvalue weighted by Crippen LogP contribution is -2.00. The van der Waals surface area contributed by atoms with Crippen LogP contribution in [0.25, 0.3) is 0 Å². The van der Waals surface area contributed by atoms with E-state index < -0.39 is 5.97 Å². The molecule has 0 bridgehead atoms. The van der Waals surface area contributed by atoms with Gasteiger partial charge in [-0.2, -0.15) is 5.26 Å². The minimum atomic E-state index is -0.993. The fourth-order valence-electron chi connectivity index (χ4n) is 1.66. The number of carbonyl (C=O) groups is 1. The molecule has 0 saturated heterocycles. The number of aromatic carboxylic acids is 1. The molecule has 0 heterocycles. The van der Waals surface area contributed by atoms with Gasteiger partial charge in [-0.15, -0.1) is 0 Å². The van der Waals surface area contributed by atoms with Gasteiger partial charge in [0.25, 0.3) is 0 Å². The summed E-state index contributed by atoms with van der Waals surface area (Å²) in [7, 11) is 0. The van der Waals surface area contributed by atoms with Crippen molar-refractivity contribution in [2.24, 2.45) is 0 Å². The third kappa shape index (κ3) is 3.16. The summed E-state index contributed by atoms with van der Waals surface area (Å²) in [6.07, 6.45) is 0. The Morgan fingerprint density at radius 3 is 2.70 bits per heavy atom. The van der Waals surface area contributed by atoms with Crippen molar-refractivity contribution in [2.45, 2.75) is 6.61 Å². The number of ether oxygens (including phenoxy) is 1. The topological polar surface area (TPSA) is 70.3 Å². The second kappa shape index (κ2) is 6.22. The first-order valence-corrected chi connectivity index (χ1v) is 6.55. The van der Waals surface area contributed by atoms with Crippen LogP contribution < -0.4 is 4.74 Å². The zero-order valence-corrected chi connectivity index (χ0v) is 11.9. The number of nitrogens with zero attached hydrogens (tertiary/aromatic N) is 1. The molecule has 0 aromatic heterocycles. The molecule has 0 aliphatic heterocycles. The first-order chi connectivity index (χ1) is 9.61. The van der Waals surface area contributed by atoms with Crippen LogP contribution >= 0.6 is 15.9 Å². The van der Waals surface area contributed by atoms with Crippen LogP contribution in [0.4, 0.5) is 0 Å². The largest absolute Gasteiger partial charge is 0.488 e. The second-order valence-electron chi connectivity index (χ2n) is 4.01. The van der Waals surface area contributed by atoms with Crippen LogP contribution in [0.5, 0.6) is 5.75 Å². The van der Waals surface area contributed by atoms with Gasteiger partial charge < -0.3 is 9.84 Å². The Hall–Kier alpha value is -2.32. The van der Waals surface area contributed by atoms with Gasteiger partial charge in [-0.3, -0.25) is 0 Å². The highest BCUT2D eigenvalue weighted by molar-refractivity contribution is 9.10.